The third-order valence-corrected chi connectivity index (χ3v) is 5.69. The maximum absolute atomic E-state index is 13.3. The van der Waals surface area contributed by atoms with Gasteiger partial charge in [-0.05, 0) is 48.6 Å². The summed E-state index contributed by atoms with van der Waals surface area (Å²) in [7, 11) is 0. The van der Waals surface area contributed by atoms with Gasteiger partial charge in [0.1, 0.15) is 5.82 Å². The summed E-state index contributed by atoms with van der Waals surface area (Å²) in [5.41, 5.74) is 1.53. The Morgan fingerprint density at radius 2 is 2.00 bits per heavy atom. The van der Waals surface area contributed by atoms with Crippen LogP contribution in [0.15, 0.2) is 47.8 Å². The Hall–Kier alpha value is -3.00. The minimum absolute atomic E-state index is 0.0410. The van der Waals surface area contributed by atoms with Crippen molar-refractivity contribution in [1.29, 1.82) is 0 Å². The van der Waals surface area contributed by atoms with Crippen LogP contribution in [-0.4, -0.2) is 46.0 Å². The van der Waals surface area contributed by atoms with Gasteiger partial charge in [0.25, 0.3) is 11.8 Å². The number of carbonyl (C=O) groups is 2. The smallest absolute Gasteiger partial charge is 0.274 e. The van der Waals surface area contributed by atoms with Gasteiger partial charge < -0.3 is 10.2 Å². The summed E-state index contributed by atoms with van der Waals surface area (Å²) in [6.07, 6.45) is 1.30. The van der Waals surface area contributed by atoms with Gasteiger partial charge in [0.2, 0.25) is 0 Å². The van der Waals surface area contributed by atoms with Crippen LogP contribution in [0.5, 0.6) is 0 Å². The molecular formula is C20H19FN4O2S. The van der Waals surface area contributed by atoms with E-state index in [1.54, 1.807) is 28.4 Å². The number of likely N-dealkylation sites (tertiary alicyclic amines) is 1. The van der Waals surface area contributed by atoms with Crippen LogP contribution in [0, 0.1) is 5.82 Å². The normalized spacial score (nSPS) is 14.8. The van der Waals surface area contributed by atoms with Gasteiger partial charge in [-0.1, -0.05) is 12.1 Å². The zero-order valence-electron chi connectivity index (χ0n) is 15.0. The van der Waals surface area contributed by atoms with E-state index in [2.05, 4.69) is 15.5 Å². The Bertz CT molecular complexity index is 978. The molecule has 2 aromatic heterocycles. The Morgan fingerprint density at radius 1 is 1.18 bits per heavy atom. The zero-order chi connectivity index (χ0) is 19.5. The van der Waals surface area contributed by atoms with Crippen molar-refractivity contribution in [3.63, 3.8) is 0 Å². The first-order chi connectivity index (χ1) is 13.6. The number of benzene rings is 1. The van der Waals surface area contributed by atoms with Gasteiger partial charge in [-0.2, -0.15) is 5.10 Å². The van der Waals surface area contributed by atoms with E-state index in [0.29, 0.717) is 37.2 Å². The fourth-order valence-corrected chi connectivity index (χ4v) is 3.97. The molecule has 3 aromatic rings. The average Bonchev–Trinajstić information content (AvgIpc) is 3.40. The maximum Gasteiger partial charge on any atom is 0.274 e. The molecule has 0 saturated carbocycles. The number of piperidine rings is 1. The van der Waals surface area contributed by atoms with Crippen LogP contribution < -0.4 is 5.32 Å². The van der Waals surface area contributed by atoms with Crippen molar-refractivity contribution >= 4 is 23.2 Å². The van der Waals surface area contributed by atoms with E-state index in [-0.39, 0.29) is 17.9 Å². The summed E-state index contributed by atoms with van der Waals surface area (Å²) in [6.45, 7) is 1.07. The Labute approximate surface area is 165 Å². The lowest BCUT2D eigenvalue weighted by Crippen LogP contribution is -2.46. The van der Waals surface area contributed by atoms with Crippen LogP contribution in [-0.2, 0) is 0 Å². The summed E-state index contributed by atoms with van der Waals surface area (Å²) in [4.78, 5) is 27.7. The SMILES string of the molecule is O=C(NC1CCN(C(=O)c2cc(-c3cccs3)[nH]n2)CC1)c1cccc(F)c1. The van der Waals surface area contributed by atoms with Crippen LogP contribution in [0.1, 0.15) is 33.7 Å². The average molecular weight is 398 g/mol. The molecular weight excluding hydrogens is 379 g/mol. The summed E-state index contributed by atoms with van der Waals surface area (Å²) < 4.78 is 13.3. The van der Waals surface area contributed by atoms with Gasteiger partial charge in [0.15, 0.2) is 5.69 Å². The first-order valence-electron chi connectivity index (χ1n) is 9.05. The van der Waals surface area contributed by atoms with Gasteiger partial charge >= 0.3 is 0 Å². The molecule has 3 heterocycles. The summed E-state index contributed by atoms with van der Waals surface area (Å²) in [5, 5.41) is 12.0. The lowest BCUT2D eigenvalue weighted by molar-refractivity contribution is 0.0692. The molecule has 0 bridgehead atoms. The second-order valence-corrected chi connectivity index (χ2v) is 7.64. The molecule has 8 heteroatoms. The number of thiophene rings is 1. The first kappa shape index (κ1) is 18.4. The molecule has 1 aliphatic rings. The van der Waals surface area contributed by atoms with E-state index < -0.39 is 5.82 Å². The number of nitrogens with zero attached hydrogens (tertiary/aromatic N) is 2. The number of halogens is 1. The van der Waals surface area contributed by atoms with Crippen LogP contribution in [0.3, 0.4) is 0 Å². The van der Waals surface area contributed by atoms with Gasteiger partial charge in [0, 0.05) is 24.7 Å². The highest BCUT2D eigenvalue weighted by atomic mass is 32.1. The molecule has 1 saturated heterocycles. The standard InChI is InChI=1S/C20H19FN4O2S/c21-14-4-1-3-13(11-14)19(26)22-15-6-8-25(9-7-15)20(27)17-12-16(23-24-17)18-5-2-10-28-18/h1-5,10-12,15H,6-9H2,(H,22,26)(H,23,24). The lowest BCUT2D eigenvalue weighted by atomic mass is 10.0. The summed E-state index contributed by atoms with van der Waals surface area (Å²) in [6, 6.07) is 11.3. The van der Waals surface area contributed by atoms with Gasteiger partial charge in [-0.15, -0.1) is 11.3 Å². The van der Waals surface area contributed by atoms with Crippen molar-refractivity contribution in [3.8, 4) is 10.6 Å². The van der Waals surface area contributed by atoms with E-state index in [1.165, 1.54) is 18.2 Å². The second kappa shape index (κ2) is 7.93. The number of amides is 2. The van der Waals surface area contributed by atoms with Crippen molar-refractivity contribution in [2.75, 3.05) is 13.1 Å². The quantitative estimate of drug-likeness (QED) is 0.708. The van der Waals surface area contributed by atoms with Crippen LogP contribution in [0.25, 0.3) is 10.6 Å². The minimum atomic E-state index is -0.436. The molecule has 4 rings (SSSR count). The van der Waals surface area contributed by atoms with Gasteiger partial charge in [-0.25, -0.2) is 4.39 Å². The molecule has 1 fully saturated rings. The molecule has 1 aromatic carbocycles. The number of aromatic amines is 1. The number of aromatic nitrogens is 2. The maximum atomic E-state index is 13.3. The summed E-state index contributed by atoms with van der Waals surface area (Å²) in [5.74, 6) is -0.847. The van der Waals surface area contributed by atoms with Crippen molar-refractivity contribution < 1.29 is 14.0 Å². The molecule has 0 spiro atoms. The van der Waals surface area contributed by atoms with Gasteiger partial charge in [0.05, 0.1) is 10.6 Å². The largest absolute Gasteiger partial charge is 0.349 e. The zero-order valence-corrected chi connectivity index (χ0v) is 15.8. The van der Waals surface area contributed by atoms with Crippen LogP contribution >= 0.6 is 11.3 Å². The number of H-pyrrole nitrogens is 1. The number of hydrogen-bond donors (Lipinski definition) is 2. The molecule has 0 radical (unpaired) electrons. The molecule has 0 unspecified atom stereocenters. The molecule has 0 atom stereocenters. The number of nitrogens with one attached hydrogen (secondary N) is 2. The minimum Gasteiger partial charge on any atom is -0.349 e. The molecule has 2 amide bonds. The summed E-state index contributed by atoms with van der Waals surface area (Å²) >= 11 is 1.58. The third-order valence-electron chi connectivity index (χ3n) is 4.79. The van der Waals surface area contributed by atoms with Crippen molar-refractivity contribution in [2.24, 2.45) is 0 Å². The van der Waals surface area contributed by atoms with Crippen molar-refractivity contribution in [2.45, 2.75) is 18.9 Å². The predicted octanol–water partition coefficient (Wildman–Crippen LogP) is 3.31. The highest BCUT2D eigenvalue weighted by molar-refractivity contribution is 7.13. The Balaban J connectivity index is 1.32. The van der Waals surface area contributed by atoms with Crippen molar-refractivity contribution in [3.05, 3.63) is 64.9 Å². The van der Waals surface area contributed by atoms with E-state index in [1.807, 2.05) is 17.5 Å². The molecule has 2 N–H and O–H groups in total. The van der Waals surface area contributed by atoms with E-state index in [9.17, 15) is 14.0 Å². The second-order valence-electron chi connectivity index (χ2n) is 6.69. The topological polar surface area (TPSA) is 78.1 Å². The fraction of sp³-hybridized carbons (Fsp3) is 0.250. The monoisotopic (exact) mass is 398 g/mol. The van der Waals surface area contributed by atoms with E-state index >= 15 is 0 Å². The van der Waals surface area contributed by atoms with E-state index in [4.69, 9.17) is 0 Å². The number of hydrogen-bond acceptors (Lipinski definition) is 4. The Kier molecular flexibility index (Phi) is 5.21. The molecule has 6 nitrogen and oxygen atoms in total. The van der Waals surface area contributed by atoms with Crippen LogP contribution in [0.4, 0.5) is 4.39 Å². The highest BCUT2D eigenvalue weighted by Crippen LogP contribution is 2.24. The number of carbonyl (C=O) groups excluding carboxylic acids is 2. The van der Waals surface area contributed by atoms with Gasteiger partial charge in [-0.3, -0.25) is 14.7 Å². The molecule has 28 heavy (non-hydrogen) atoms. The molecule has 0 aliphatic carbocycles. The number of rotatable bonds is 4. The predicted molar refractivity (Wildman–Crippen MR) is 105 cm³/mol. The van der Waals surface area contributed by atoms with Crippen molar-refractivity contribution in [1.82, 2.24) is 20.4 Å². The van der Waals surface area contributed by atoms with E-state index in [0.717, 1.165) is 10.6 Å². The lowest BCUT2D eigenvalue weighted by Gasteiger charge is -2.32. The third kappa shape index (κ3) is 3.96. The molecule has 1 aliphatic heterocycles. The fourth-order valence-electron chi connectivity index (χ4n) is 3.28. The highest BCUT2D eigenvalue weighted by Gasteiger charge is 2.26. The molecule has 144 valence electrons. The van der Waals surface area contributed by atoms with Crippen LogP contribution in [0.2, 0.25) is 0 Å². The Morgan fingerprint density at radius 3 is 2.71 bits per heavy atom. The first-order valence-corrected chi connectivity index (χ1v) is 9.93.